The number of H-pyrrole nitrogens is 1. The first-order chi connectivity index (χ1) is 18.7. The molecule has 1 aliphatic carbocycles. The Morgan fingerprint density at radius 2 is 1.87 bits per heavy atom. The molecule has 194 valence electrons. The number of rotatable bonds is 9. The summed E-state index contributed by atoms with van der Waals surface area (Å²) >= 11 is 0. The van der Waals surface area contributed by atoms with Crippen LogP contribution in [0.2, 0.25) is 0 Å². The van der Waals surface area contributed by atoms with Crippen molar-refractivity contribution >= 4 is 16.6 Å². The van der Waals surface area contributed by atoms with Crippen molar-refractivity contribution in [1.82, 2.24) is 29.8 Å². The van der Waals surface area contributed by atoms with Crippen molar-refractivity contribution in [3.05, 3.63) is 90.2 Å². The van der Waals surface area contributed by atoms with Crippen LogP contribution in [0, 0.1) is 12.8 Å². The lowest BCUT2D eigenvalue weighted by atomic mass is 9.99. The van der Waals surface area contributed by atoms with Crippen LogP contribution in [0.5, 0.6) is 0 Å². The van der Waals surface area contributed by atoms with Gasteiger partial charge in [0.1, 0.15) is 0 Å². The van der Waals surface area contributed by atoms with Crippen molar-refractivity contribution in [1.29, 1.82) is 0 Å². The summed E-state index contributed by atoms with van der Waals surface area (Å²) in [6.45, 7) is 3.96. The molecule has 1 aromatic carbocycles. The lowest BCUT2D eigenvalue weighted by molar-refractivity contribution is 0.489. The maximum atomic E-state index is 4.56. The molecule has 0 radical (unpaired) electrons. The van der Waals surface area contributed by atoms with E-state index in [1.807, 2.05) is 55.9 Å². The monoisotopic (exact) mass is 505 g/mol. The average Bonchev–Trinajstić information content (AvgIpc) is 3.70. The zero-order chi connectivity index (χ0) is 25.9. The van der Waals surface area contributed by atoms with Gasteiger partial charge in [0.2, 0.25) is 0 Å². The van der Waals surface area contributed by atoms with E-state index in [9.17, 15) is 0 Å². The Balaban J connectivity index is 1.24. The summed E-state index contributed by atoms with van der Waals surface area (Å²) in [4.78, 5) is 17.0. The molecule has 0 bridgehead atoms. The minimum absolute atomic E-state index is 0.775. The number of fused-ring (bicyclic) bond motifs is 1. The molecule has 4 aromatic heterocycles. The molecular weight excluding hydrogens is 470 g/mol. The lowest BCUT2D eigenvalue weighted by Gasteiger charge is -2.13. The Hall–Kier alpha value is -3.97. The molecule has 0 saturated heterocycles. The van der Waals surface area contributed by atoms with Crippen molar-refractivity contribution in [2.45, 2.75) is 45.6 Å². The highest BCUT2D eigenvalue weighted by Crippen LogP contribution is 2.29. The predicted molar refractivity (Wildman–Crippen MR) is 154 cm³/mol. The third-order valence-corrected chi connectivity index (χ3v) is 7.69. The molecule has 3 N–H and O–H groups in total. The molecule has 5 aromatic rings. The summed E-state index contributed by atoms with van der Waals surface area (Å²) in [6, 6.07) is 11.1. The number of hydrogen-bond acceptors (Lipinski definition) is 5. The van der Waals surface area contributed by atoms with Crippen LogP contribution < -0.4 is 10.6 Å². The normalized spacial score (nSPS) is 13.9. The summed E-state index contributed by atoms with van der Waals surface area (Å²) < 4.78 is 2.03. The highest BCUT2D eigenvalue weighted by atomic mass is 15.0. The Kier molecular flexibility index (Phi) is 6.92. The summed E-state index contributed by atoms with van der Waals surface area (Å²) in [5.41, 5.74) is 10.1. The molecule has 0 spiro atoms. The molecule has 0 amide bonds. The van der Waals surface area contributed by atoms with E-state index in [4.69, 9.17) is 0 Å². The van der Waals surface area contributed by atoms with Gasteiger partial charge in [0, 0.05) is 60.9 Å². The van der Waals surface area contributed by atoms with Gasteiger partial charge in [-0.15, -0.1) is 0 Å². The number of hydrogen-bond donors (Lipinski definition) is 3. The zero-order valence-corrected chi connectivity index (χ0v) is 22.2. The van der Waals surface area contributed by atoms with E-state index in [2.05, 4.69) is 60.9 Å². The van der Waals surface area contributed by atoms with Gasteiger partial charge in [-0.2, -0.15) is 0 Å². The van der Waals surface area contributed by atoms with Gasteiger partial charge < -0.3 is 20.2 Å². The first kappa shape index (κ1) is 24.4. The van der Waals surface area contributed by atoms with Crippen LogP contribution in [-0.2, 0) is 13.0 Å². The van der Waals surface area contributed by atoms with Crippen LogP contribution in [-0.4, -0.2) is 38.1 Å². The van der Waals surface area contributed by atoms with Crippen LogP contribution in [0.4, 0.5) is 5.69 Å². The fourth-order valence-electron chi connectivity index (χ4n) is 5.69. The first-order valence-electron chi connectivity index (χ1n) is 13.6. The molecule has 7 heteroatoms. The van der Waals surface area contributed by atoms with E-state index < -0.39 is 0 Å². The molecule has 38 heavy (non-hydrogen) atoms. The third kappa shape index (κ3) is 5.20. The smallest absolute Gasteiger partial charge is 0.0995 e. The number of aryl methyl sites for hydroxylation is 1. The zero-order valence-electron chi connectivity index (χ0n) is 22.2. The molecule has 7 nitrogen and oxygen atoms in total. The number of aromatic amines is 1. The van der Waals surface area contributed by atoms with Gasteiger partial charge >= 0.3 is 0 Å². The van der Waals surface area contributed by atoms with Gasteiger partial charge in [-0.3, -0.25) is 9.97 Å². The van der Waals surface area contributed by atoms with Gasteiger partial charge in [-0.25, -0.2) is 4.98 Å². The van der Waals surface area contributed by atoms with Gasteiger partial charge in [0.25, 0.3) is 0 Å². The minimum Gasteiger partial charge on any atom is -0.388 e. The maximum Gasteiger partial charge on any atom is 0.0995 e. The van der Waals surface area contributed by atoms with Crippen molar-refractivity contribution in [2.24, 2.45) is 5.92 Å². The summed E-state index contributed by atoms with van der Waals surface area (Å²) in [7, 11) is 1.98. The van der Waals surface area contributed by atoms with Crippen LogP contribution in [0.1, 0.15) is 48.2 Å². The minimum atomic E-state index is 0.775. The summed E-state index contributed by atoms with van der Waals surface area (Å²) in [5, 5.41) is 8.16. The van der Waals surface area contributed by atoms with E-state index in [1.165, 1.54) is 42.4 Å². The second kappa shape index (κ2) is 10.8. The van der Waals surface area contributed by atoms with Crippen molar-refractivity contribution in [3.8, 4) is 16.8 Å². The second-order valence-electron chi connectivity index (χ2n) is 10.5. The Morgan fingerprint density at radius 1 is 1.00 bits per heavy atom. The summed E-state index contributed by atoms with van der Waals surface area (Å²) in [5.74, 6) is 0.836. The number of pyridine rings is 2. The maximum absolute atomic E-state index is 4.56. The van der Waals surface area contributed by atoms with Crippen LogP contribution in [0.25, 0.3) is 27.7 Å². The van der Waals surface area contributed by atoms with Crippen molar-refractivity contribution < 1.29 is 0 Å². The van der Waals surface area contributed by atoms with E-state index >= 15 is 0 Å². The van der Waals surface area contributed by atoms with Crippen molar-refractivity contribution in [3.63, 3.8) is 0 Å². The molecule has 1 aliphatic rings. The number of anilines is 1. The molecule has 4 heterocycles. The van der Waals surface area contributed by atoms with E-state index in [0.29, 0.717) is 0 Å². The van der Waals surface area contributed by atoms with E-state index in [-0.39, 0.29) is 0 Å². The number of benzene rings is 1. The van der Waals surface area contributed by atoms with Gasteiger partial charge in [-0.05, 0) is 73.2 Å². The fourth-order valence-corrected chi connectivity index (χ4v) is 5.69. The van der Waals surface area contributed by atoms with E-state index in [1.54, 1.807) is 0 Å². The topological polar surface area (TPSA) is 83.4 Å². The Morgan fingerprint density at radius 3 is 2.68 bits per heavy atom. The molecule has 0 atom stereocenters. The Bertz CT molecular complexity index is 1540. The molecule has 1 fully saturated rings. The molecule has 0 aliphatic heterocycles. The molecule has 0 unspecified atom stereocenters. The number of nitrogens with zero attached hydrogens (tertiary/aromatic N) is 4. The average molecular weight is 506 g/mol. The van der Waals surface area contributed by atoms with Crippen LogP contribution in [0.3, 0.4) is 0 Å². The highest BCUT2D eigenvalue weighted by molar-refractivity contribution is 5.88. The van der Waals surface area contributed by atoms with Crippen molar-refractivity contribution in [2.75, 3.05) is 18.9 Å². The lowest BCUT2D eigenvalue weighted by Crippen LogP contribution is -2.20. The standard InChI is InChI=1S/C31H35N7/c1-21-19-38(20-36-21)31-18-35-17-30-28(31)12-27(37-30)11-25-10-24(7-8-29(25)32-2)26-9-23(15-34-16-26)14-33-13-22-5-3-4-6-22/h7-10,12,15-20,22,32-33,37H,3-6,11,13-14H2,1-2H3. The summed E-state index contributed by atoms with van der Waals surface area (Å²) in [6.07, 6.45) is 17.9. The largest absolute Gasteiger partial charge is 0.388 e. The molecular formula is C31H35N7. The van der Waals surface area contributed by atoms with Gasteiger partial charge in [0.15, 0.2) is 0 Å². The van der Waals surface area contributed by atoms with Gasteiger partial charge in [-0.1, -0.05) is 18.9 Å². The third-order valence-electron chi connectivity index (χ3n) is 7.69. The first-order valence-corrected chi connectivity index (χ1v) is 13.6. The fraction of sp³-hybridized carbons (Fsp3) is 0.323. The highest BCUT2D eigenvalue weighted by Gasteiger charge is 2.15. The Labute approximate surface area is 223 Å². The SMILES string of the molecule is CNc1ccc(-c2cncc(CNCC3CCCC3)c2)cc1Cc1cc2c(-n3cnc(C)c3)cncc2[nH]1. The number of aromatic nitrogens is 5. The number of imidazole rings is 1. The van der Waals surface area contributed by atoms with Crippen LogP contribution in [0.15, 0.2) is 67.6 Å². The second-order valence-corrected chi connectivity index (χ2v) is 10.5. The van der Waals surface area contributed by atoms with Crippen LogP contribution >= 0.6 is 0 Å². The predicted octanol–water partition coefficient (Wildman–Crippen LogP) is 6.03. The van der Waals surface area contributed by atoms with E-state index in [0.717, 1.165) is 64.7 Å². The molecule has 6 rings (SSSR count). The number of nitrogens with one attached hydrogen (secondary N) is 3. The van der Waals surface area contributed by atoms with Gasteiger partial charge in [0.05, 0.1) is 35.6 Å². The quantitative estimate of drug-likeness (QED) is 0.228. The molecule has 1 saturated carbocycles.